The zero-order valence-electron chi connectivity index (χ0n) is 12.5. The van der Waals surface area contributed by atoms with Crippen molar-refractivity contribution < 1.29 is 9.32 Å². The van der Waals surface area contributed by atoms with Gasteiger partial charge in [0.2, 0.25) is 5.89 Å². The fourth-order valence-corrected chi connectivity index (χ4v) is 2.80. The van der Waals surface area contributed by atoms with E-state index in [9.17, 15) is 4.79 Å². The van der Waals surface area contributed by atoms with E-state index in [4.69, 9.17) is 4.52 Å². The molecule has 0 radical (unpaired) electrons. The molecule has 1 fully saturated rings. The summed E-state index contributed by atoms with van der Waals surface area (Å²) in [6.45, 7) is 3.15. The Bertz CT molecular complexity index is 609. The van der Waals surface area contributed by atoms with E-state index in [0.717, 1.165) is 31.7 Å². The Kier molecular flexibility index (Phi) is 4.47. The van der Waals surface area contributed by atoms with Crippen LogP contribution in [0.15, 0.2) is 16.8 Å². The lowest BCUT2D eigenvalue weighted by Gasteiger charge is -2.12. The third kappa shape index (κ3) is 3.51. The van der Waals surface area contributed by atoms with Crippen LogP contribution in [0, 0.1) is 6.92 Å². The predicted molar refractivity (Wildman–Crippen MR) is 78.3 cm³/mol. The normalized spacial score (nSPS) is 21.1. The summed E-state index contributed by atoms with van der Waals surface area (Å²) in [5.41, 5.74) is 0.479. The lowest BCUT2D eigenvalue weighted by molar-refractivity contribution is 0.0948. The van der Waals surface area contributed by atoms with Crippen LogP contribution < -0.4 is 10.6 Å². The number of aromatic nitrogens is 4. The molecule has 1 aliphatic carbocycles. The van der Waals surface area contributed by atoms with Crippen molar-refractivity contribution in [1.82, 2.24) is 31.0 Å². The third-order valence-corrected chi connectivity index (χ3v) is 3.91. The maximum absolute atomic E-state index is 11.7. The van der Waals surface area contributed by atoms with Gasteiger partial charge < -0.3 is 15.2 Å². The highest BCUT2D eigenvalue weighted by molar-refractivity contribution is 5.92. The van der Waals surface area contributed by atoms with Gasteiger partial charge in [-0.3, -0.25) is 9.89 Å². The SMILES string of the molecule is Cc1noc(C2CCC(NCCNC(=O)c3ccn[nH]3)C2)n1. The molecular weight excluding hydrogens is 284 g/mol. The number of hydrogen-bond donors (Lipinski definition) is 3. The summed E-state index contributed by atoms with van der Waals surface area (Å²) < 4.78 is 5.24. The number of carbonyl (C=O) groups is 1. The Morgan fingerprint density at radius 1 is 1.45 bits per heavy atom. The van der Waals surface area contributed by atoms with Crippen molar-refractivity contribution in [3.05, 3.63) is 29.7 Å². The van der Waals surface area contributed by atoms with Crippen molar-refractivity contribution in [3.8, 4) is 0 Å². The summed E-state index contributed by atoms with van der Waals surface area (Å²) in [4.78, 5) is 16.0. The monoisotopic (exact) mass is 304 g/mol. The Labute approximate surface area is 128 Å². The molecule has 2 aromatic heterocycles. The van der Waals surface area contributed by atoms with E-state index in [2.05, 4.69) is 31.0 Å². The number of rotatable bonds is 6. The van der Waals surface area contributed by atoms with E-state index in [1.54, 1.807) is 12.3 Å². The zero-order chi connectivity index (χ0) is 15.4. The first-order valence-electron chi connectivity index (χ1n) is 7.53. The van der Waals surface area contributed by atoms with Crippen molar-refractivity contribution in [1.29, 1.82) is 0 Å². The minimum absolute atomic E-state index is 0.134. The minimum Gasteiger partial charge on any atom is -0.349 e. The maximum Gasteiger partial charge on any atom is 0.269 e. The number of carbonyl (C=O) groups excluding carboxylic acids is 1. The van der Waals surface area contributed by atoms with Crippen molar-refractivity contribution in [2.24, 2.45) is 0 Å². The second kappa shape index (κ2) is 6.69. The molecule has 1 aliphatic rings. The summed E-state index contributed by atoms with van der Waals surface area (Å²) >= 11 is 0. The van der Waals surface area contributed by atoms with Crippen LogP contribution in [-0.4, -0.2) is 45.4 Å². The molecule has 0 spiro atoms. The average Bonchev–Trinajstić information content (AvgIpc) is 3.24. The zero-order valence-corrected chi connectivity index (χ0v) is 12.5. The highest BCUT2D eigenvalue weighted by Gasteiger charge is 2.29. The molecule has 8 heteroatoms. The molecule has 3 N–H and O–H groups in total. The fourth-order valence-electron chi connectivity index (χ4n) is 2.80. The van der Waals surface area contributed by atoms with Crippen LogP contribution in [0.4, 0.5) is 0 Å². The van der Waals surface area contributed by atoms with E-state index in [-0.39, 0.29) is 5.91 Å². The number of H-pyrrole nitrogens is 1. The highest BCUT2D eigenvalue weighted by atomic mass is 16.5. The molecule has 2 heterocycles. The summed E-state index contributed by atoms with van der Waals surface area (Å²) in [6.07, 6.45) is 4.70. The van der Waals surface area contributed by atoms with Crippen LogP contribution in [0.3, 0.4) is 0 Å². The van der Waals surface area contributed by atoms with E-state index >= 15 is 0 Å². The lowest BCUT2D eigenvalue weighted by atomic mass is 10.1. The van der Waals surface area contributed by atoms with Crippen molar-refractivity contribution in [2.75, 3.05) is 13.1 Å². The van der Waals surface area contributed by atoms with Gasteiger partial charge in [-0.2, -0.15) is 10.1 Å². The molecule has 2 unspecified atom stereocenters. The number of hydrogen-bond acceptors (Lipinski definition) is 6. The molecule has 1 amide bonds. The standard InChI is InChI=1S/C14H20N6O2/c1-9-18-14(22-20-9)10-2-3-11(8-10)15-6-7-16-13(21)12-4-5-17-19-12/h4-5,10-11,15H,2-3,6-8H2,1H3,(H,16,21)(H,17,19). The van der Waals surface area contributed by atoms with Gasteiger partial charge in [-0.1, -0.05) is 5.16 Å². The molecule has 22 heavy (non-hydrogen) atoms. The molecule has 0 bridgehead atoms. The first-order chi connectivity index (χ1) is 10.7. The molecular formula is C14H20N6O2. The van der Waals surface area contributed by atoms with Crippen molar-refractivity contribution in [2.45, 2.75) is 38.1 Å². The van der Waals surface area contributed by atoms with Crippen LogP contribution in [0.25, 0.3) is 0 Å². The topological polar surface area (TPSA) is 109 Å². The summed E-state index contributed by atoms with van der Waals surface area (Å²) in [5.74, 6) is 1.64. The van der Waals surface area contributed by atoms with Crippen molar-refractivity contribution >= 4 is 5.91 Å². The minimum atomic E-state index is -0.134. The molecule has 0 saturated heterocycles. The smallest absolute Gasteiger partial charge is 0.269 e. The quantitative estimate of drug-likeness (QED) is 0.680. The van der Waals surface area contributed by atoms with Gasteiger partial charge >= 0.3 is 0 Å². The van der Waals surface area contributed by atoms with Gasteiger partial charge in [0.15, 0.2) is 5.82 Å². The molecule has 8 nitrogen and oxygen atoms in total. The maximum atomic E-state index is 11.7. The van der Waals surface area contributed by atoms with Crippen LogP contribution in [0.1, 0.15) is 47.4 Å². The second-order valence-corrected chi connectivity index (χ2v) is 5.57. The van der Waals surface area contributed by atoms with E-state index < -0.39 is 0 Å². The summed E-state index contributed by atoms with van der Waals surface area (Å²) in [7, 11) is 0. The largest absolute Gasteiger partial charge is 0.349 e. The Balaban J connectivity index is 1.36. The van der Waals surface area contributed by atoms with Crippen molar-refractivity contribution in [3.63, 3.8) is 0 Å². The third-order valence-electron chi connectivity index (χ3n) is 3.91. The molecule has 2 aromatic rings. The van der Waals surface area contributed by atoms with Crippen LogP contribution in [-0.2, 0) is 0 Å². The van der Waals surface area contributed by atoms with E-state index in [1.165, 1.54) is 0 Å². The Hall–Kier alpha value is -2.22. The van der Waals surface area contributed by atoms with Gasteiger partial charge in [-0.05, 0) is 32.3 Å². The molecule has 2 atom stereocenters. The Morgan fingerprint density at radius 2 is 2.36 bits per heavy atom. The van der Waals surface area contributed by atoms with Crippen LogP contribution in [0.2, 0.25) is 0 Å². The molecule has 1 saturated carbocycles. The molecule has 0 aromatic carbocycles. The first kappa shape index (κ1) is 14.7. The number of amides is 1. The summed E-state index contributed by atoms with van der Waals surface area (Å²) in [6, 6.07) is 2.08. The average molecular weight is 304 g/mol. The van der Waals surface area contributed by atoms with Gasteiger partial charge in [0.1, 0.15) is 5.69 Å². The number of nitrogens with one attached hydrogen (secondary N) is 3. The molecule has 118 valence electrons. The fraction of sp³-hybridized carbons (Fsp3) is 0.571. The molecule has 0 aliphatic heterocycles. The van der Waals surface area contributed by atoms with Gasteiger partial charge in [0, 0.05) is 31.2 Å². The molecule has 3 rings (SSSR count). The van der Waals surface area contributed by atoms with E-state index in [1.807, 2.05) is 6.92 Å². The van der Waals surface area contributed by atoms with E-state index in [0.29, 0.717) is 30.0 Å². The van der Waals surface area contributed by atoms with Crippen LogP contribution in [0.5, 0.6) is 0 Å². The lowest BCUT2D eigenvalue weighted by Crippen LogP contribution is -2.36. The van der Waals surface area contributed by atoms with Gasteiger partial charge in [0.25, 0.3) is 5.91 Å². The van der Waals surface area contributed by atoms with Gasteiger partial charge in [0.05, 0.1) is 0 Å². The first-order valence-corrected chi connectivity index (χ1v) is 7.53. The number of aryl methyl sites for hydroxylation is 1. The van der Waals surface area contributed by atoms with Gasteiger partial charge in [-0.15, -0.1) is 0 Å². The summed E-state index contributed by atoms with van der Waals surface area (Å²) in [5, 5.41) is 16.5. The number of nitrogens with zero attached hydrogens (tertiary/aromatic N) is 3. The highest BCUT2D eigenvalue weighted by Crippen LogP contribution is 2.33. The van der Waals surface area contributed by atoms with Crippen LogP contribution >= 0.6 is 0 Å². The second-order valence-electron chi connectivity index (χ2n) is 5.57. The number of aromatic amines is 1. The predicted octanol–water partition coefficient (Wildman–Crippen LogP) is 0.757. The Morgan fingerprint density at radius 3 is 3.09 bits per heavy atom. The van der Waals surface area contributed by atoms with Gasteiger partial charge in [-0.25, -0.2) is 0 Å².